The van der Waals surface area contributed by atoms with Gasteiger partial charge in [0.05, 0.1) is 29.0 Å². The van der Waals surface area contributed by atoms with Crippen LogP contribution in [0.3, 0.4) is 0 Å². The van der Waals surface area contributed by atoms with E-state index in [0.29, 0.717) is 48.3 Å². The van der Waals surface area contributed by atoms with Crippen molar-refractivity contribution >= 4 is 11.7 Å². The second kappa shape index (κ2) is 9.67. The van der Waals surface area contributed by atoms with Crippen LogP contribution in [-0.4, -0.2) is 59.1 Å². The van der Waals surface area contributed by atoms with E-state index in [-0.39, 0.29) is 18.0 Å². The van der Waals surface area contributed by atoms with Crippen molar-refractivity contribution in [3.63, 3.8) is 0 Å². The number of carboxylic acid groups (broad SMARTS) is 1. The second-order valence-electron chi connectivity index (χ2n) is 9.48. The van der Waals surface area contributed by atoms with E-state index in [0.717, 1.165) is 25.0 Å². The Morgan fingerprint density at radius 1 is 1.23 bits per heavy atom. The maximum atomic E-state index is 14.1. The third-order valence-electron chi connectivity index (χ3n) is 6.69. The minimum absolute atomic E-state index is 0.0266. The highest BCUT2D eigenvalue weighted by Gasteiger charge is 2.28. The molecular formula is C23H28F2N8O2. The number of anilines is 1. The smallest absolute Gasteiger partial charge is 0.303 e. The molecule has 1 aliphatic heterocycles. The van der Waals surface area contributed by atoms with Crippen molar-refractivity contribution in [3.05, 3.63) is 35.4 Å². The van der Waals surface area contributed by atoms with E-state index < -0.39 is 12.4 Å². The Labute approximate surface area is 201 Å². The molecule has 4 heterocycles. The minimum Gasteiger partial charge on any atom is -0.481 e. The zero-order valence-electron chi connectivity index (χ0n) is 19.5. The molecule has 2 fully saturated rings. The number of halogens is 2. The molecule has 1 saturated carbocycles. The number of hydrogen-bond acceptors (Lipinski definition) is 7. The summed E-state index contributed by atoms with van der Waals surface area (Å²) in [5, 5.41) is 26.3. The van der Waals surface area contributed by atoms with Gasteiger partial charge in [0.1, 0.15) is 17.9 Å². The van der Waals surface area contributed by atoms with Gasteiger partial charge in [-0.15, -0.1) is 5.10 Å². The van der Waals surface area contributed by atoms with E-state index in [9.17, 15) is 13.6 Å². The van der Waals surface area contributed by atoms with Gasteiger partial charge in [0.25, 0.3) is 6.43 Å². The standard InChI is InChI=1S/C23H28F2N8O2/c1-31-19(13-33-26-11-16(29-33)9-14-4-5-14)21(28-30-31)17-6-7-18(22(27-17)23(24)25)32-8-2-3-15(12-32)10-20(34)35/h6-7,11,14-15,23H,2-5,8-10,12-13H2,1H3,(H,34,35)/t15-/m1/s1. The van der Waals surface area contributed by atoms with Gasteiger partial charge in [0, 0.05) is 26.6 Å². The number of nitrogens with zero attached hydrogens (tertiary/aromatic N) is 8. The van der Waals surface area contributed by atoms with Crippen LogP contribution < -0.4 is 4.90 Å². The van der Waals surface area contributed by atoms with Crippen LogP contribution in [0, 0.1) is 11.8 Å². The van der Waals surface area contributed by atoms with Crippen molar-refractivity contribution in [2.24, 2.45) is 18.9 Å². The number of carboxylic acids is 1. The summed E-state index contributed by atoms with van der Waals surface area (Å²) in [5.74, 6) is -0.255. The lowest BCUT2D eigenvalue weighted by atomic mass is 9.94. The summed E-state index contributed by atoms with van der Waals surface area (Å²) < 4.78 is 29.8. The number of pyridine rings is 1. The third kappa shape index (κ3) is 5.30. The molecule has 0 amide bonds. The summed E-state index contributed by atoms with van der Waals surface area (Å²) >= 11 is 0. The first kappa shape index (κ1) is 23.3. The highest BCUT2D eigenvalue weighted by Crippen LogP contribution is 2.34. The summed E-state index contributed by atoms with van der Waals surface area (Å²) in [6.45, 7) is 1.29. The Morgan fingerprint density at radius 3 is 2.80 bits per heavy atom. The zero-order chi connectivity index (χ0) is 24.5. The van der Waals surface area contributed by atoms with E-state index in [4.69, 9.17) is 5.11 Å². The highest BCUT2D eigenvalue weighted by molar-refractivity contribution is 5.67. The Kier molecular flexibility index (Phi) is 6.44. The van der Waals surface area contributed by atoms with E-state index in [1.54, 1.807) is 34.9 Å². The van der Waals surface area contributed by atoms with E-state index in [2.05, 4.69) is 25.5 Å². The first-order valence-electron chi connectivity index (χ1n) is 11.9. The fraction of sp³-hybridized carbons (Fsp3) is 0.565. The van der Waals surface area contributed by atoms with Crippen LogP contribution in [0.15, 0.2) is 18.3 Å². The molecule has 12 heteroatoms. The van der Waals surface area contributed by atoms with Crippen molar-refractivity contribution in [1.82, 2.24) is 35.0 Å². The predicted molar refractivity (Wildman–Crippen MR) is 122 cm³/mol. The van der Waals surface area contributed by atoms with Crippen LogP contribution in [0.2, 0.25) is 0 Å². The molecule has 3 aromatic heterocycles. The molecule has 1 N–H and O–H groups in total. The van der Waals surface area contributed by atoms with Gasteiger partial charge in [-0.1, -0.05) is 5.21 Å². The SMILES string of the molecule is Cn1nnc(-c2ccc(N3CCC[C@H](CC(=O)O)C3)c(C(F)F)n2)c1Cn1ncc(CC2CC2)n1. The third-order valence-corrected chi connectivity index (χ3v) is 6.69. The lowest BCUT2D eigenvalue weighted by molar-refractivity contribution is -0.138. The fourth-order valence-electron chi connectivity index (χ4n) is 4.73. The summed E-state index contributed by atoms with van der Waals surface area (Å²) in [6.07, 6.45) is 3.90. The van der Waals surface area contributed by atoms with Crippen molar-refractivity contribution < 1.29 is 18.7 Å². The topological polar surface area (TPSA) is 115 Å². The molecule has 0 unspecified atom stereocenters. The van der Waals surface area contributed by atoms with Crippen molar-refractivity contribution in [1.29, 1.82) is 0 Å². The normalized spacial score (nSPS) is 18.4. The van der Waals surface area contributed by atoms with Gasteiger partial charge in [-0.2, -0.15) is 15.0 Å². The average molecular weight is 487 g/mol. The van der Waals surface area contributed by atoms with Gasteiger partial charge < -0.3 is 10.0 Å². The lowest BCUT2D eigenvalue weighted by Crippen LogP contribution is -2.37. The fourth-order valence-corrected chi connectivity index (χ4v) is 4.73. The quantitative estimate of drug-likeness (QED) is 0.491. The molecule has 0 aromatic carbocycles. The first-order valence-corrected chi connectivity index (χ1v) is 11.9. The number of aryl methyl sites for hydroxylation is 1. The van der Waals surface area contributed by atoms with E-state index in [1.165, 1.54) is 12.8 Å². The van der Waals surface area contributed by atoms with Crippen molar-refractivity contribution in [2.45, 2.75) is 51.5 Å². The maximum absolute atomic E-state index is 14.1. The molecule has 0 spiro atoms. The Balaban J connectivity index is 1.40. The van der Waals surface area contributed by atoms with Crippen molar-refractivity contribution in [3.8, 4) is 11.4 Å². The molecule has 3 aromatic rings. The number of hydrogen-bond donors (Lipinski definition) is 1. The highest BCUT2D eigenvalue weighted by atomic mass is 19.3. The zero-order valence-corrected chi connectivity index (χ0v) is 19.5. The van der Waals surface area contributed by atoms with Gasteiger partial charge in [-0.3, -0.25) is 4.79 Å². The number of piperidine rings is 1. The van der Waals surface area contributed by atoms with Gasteiger partial charge >= 0.3 is 5.97 Å². The number of alkyl halides is 2. The second-order valence-corrected chi connectivity index (χ2v) is 9.48. The molecule has 5 rings (SSSR count). The summed E-state index contributed by atoms with van der Waals surface area (Å²) in [7, 11) is 1.74. The molecular weight excluding hydrogens is 458 g/mol. The summed E-state index contributed by atoms with van der Waals surface area (Å²) in [5.41, 5.74) is 2.32. The Bertz CT molecular complexity index is 1210. The van der Waals surface area contributed by atoms with Crippen LogP contribution in [-0.2, 0) is 24.8 Å². The maximum Gasteiger partial charge on any atom is 0.303 e. The monoisotopic (exact) mass is 486 g/mol. The van der Waals surface area contributed by atoms with Gasteiger partial charge in [0.15, 0.2) is 0 Å². The molecule has 2 aliphatic rings. The van der Waals surface area contributed by atoms with Gasteiger partial charge in [-0.25, -0.2) is 18.4 Å². The van der Waals surface area contributed by atoms with Gasteiger partial charge in [0.2, 0.25) is 0 Å². The predicted octanol–water partition coefficient (Wildman–Crippen LogP) is 3.10. The van der Waals surface area contributed by atoms with Crippen LogP contribution in [0.5, 0.6) is 0 Å². The Morgan fingerprint density at radius 2 is 2.06 bits per heavy atom. The molecule has 10 nitrogen and oxygen atoms in total. The van der Waals surface area contributed by atoms with Crippen molar-refractivity contribution in [2.75, 3.05) is 18.0 Å². The average Bonchev–Trinajstić information content (AvgIpc) is 3.41. The molecule has 1 atom stereocenters. The number of aliphatic carboxylic acids is 1. The van der Waals surface area contributed by atoms with Crippen LogP contribution in [0.25, 0.3) is 11.4 Å². The molecule has 35 heavy (non-hydrogen) atoms. The van der Waals surface area contributed by atoms with Gasteiger partial charge in [-0.05, 0) is 56.1 Å². The molecule has 0 radical (unpaired) electrons. The lowest BCUT2D eigenvalue weighted by Gasteiger charge is -2.34. The van der Waals surface area contributed by atoms with Crippen LogP contribution in [0.1, 0.15) is 55.6 Å². The summed E-state index contributed by atoms with van der Waals surface area (Å²) in [4.78, 5) is 18.8. The molecule has 1 aliphatic carbocycles. The Hall–Kier alpha value is -3.44. The van der Waals surface area contributed by atoms with E-state index >= 15 is 0 Å². The number of rotatable bonds is 9. The summed E-state index contributed by atoms with van der Waals surface area (Å²) in [6, 6.07) is 3.30. The molecule has 0 bridgehead atoms. The van der Waals surface area contributed by atoms with Crippen LogP contribution >= 0.6 is 0 Å². The van der Waals surface area contributed by atoms with E-state index in [1.807, 2.05) is 4.90 Å². The first-order chi connectivity index (χ1) is 16.9. The molecule has 186 valence electrons. The largest absolute Gasteiger partial charge is 0.481 e. The van der Waals surface area contributed by atoms with Crippen LogP contribution in [0.4, 0.5) is 14.5 Å². The minimum atomic E-state index is -2.79. The molecule has 1 saturated heterocycles. The number of carbonyl (C=O) groups is 1. The number of aromatic nitrogens is 7.